The van der Waals surface area contributed by atoms with Gasteiger partial charge in [-0.2, -0.15) is 0 Å². The molecule has 0 saturated heterocycles. The van der Waals surface area contributed by atoms with Crippen molar-refractivity contribution in [1.29, 1.82) is 0 Å². The van der Waals surface area contributed by atoms with Crippen LogP contribution in [0, 0.1) is 5.82 Å². The van der Waals surface area contributed by atoms with E-state index in [1.165, 1.54) is 12.3 Å². The lowest BCUT2D eigenvalue weighted by Crippen LogP contribution is -2.41. The van der Waals surface area contributed by atoms with Gasteiger partial charge in [0.15, 0.2) is 11.6 Å². The second-order valence-corrected chi connectivity index (χ2v) is 4.79. The number of hydrogen-bond donors (Lipinski definition) is 0. The number of nitrogens with zero attached hydrogens (tertiary/aromatic N) is 3. The normalized spacial score (nSPS) is 12.9. The van der Waals surface area contributed by atoms with Crippen LogP contribution in [0.3, 0.4) is 0 Å². The molecule has 1 rings (SSSR count). The Morgan fingerprint density at radius 1 is 1.47 bits per heavy atom. The van der Waals surface area contributed by atoms with Gasteiger partial charge in [0.25, 0.3) is 0 Å². The van der Waals surface area contributed by atoms with Crippen LogP contribution in [-0.4, -0.2) is 43.1 Å². The summed E-state index contributed by atoms with van der Waals surface area (Å²) < 4.78 is 13.8. The number of halogens is 2. The summed E-state index contributed by atoms with van der Waals surface area (Å²) >= 11 is 5.70. The van der Waals surface area contributed by atoms with Crippen molar-refractivity contribution >= 4 is 17.4 Å². The molecule has 1 aromatic heterocycles. The van der Waals surface area contributed by atoms with Gasteiger partial charge in [0, 0.05) is 25.3 Å². The Morgan fingerprint density at radius 2 is 2.12 bits per heavy atom. The highest BCUT2D eigenvalue weighted by molar-refractivity contribution is 6.30. The van der Waals surface area contributed by atoms with Crippen molar-refractivity contribution in [2.24, 2.45) is 0 Å². The first-order valence-corrected chi connectivity index (χ1v) is 6.06. The third kappa shape index (κ3) is 3.82. The second-order valence-electron chi connectivity index (χ2n) is 4.36. The lowest BCUT2D eigenvalue weighted by Gasteiger charge is -2.31. The molecule has 0 aliphatic rings. The van der Waals surface area contributed by atoms with E-state index in [1.807, 2.05) is 25.9 Å². The zero-order valence-corrected chi connectivity index (χ0v) is 11.5. The van der Waals surface area contributed by atoms with E-state index in [0.29, 0.717) is 17.4 Å². The number of pyridine rings is 1. The van der Waals surface area contributed by atoms with Gasteiger partial charge in [-0.1, -0.05) is 11.6 Å². The predicted molar refractivity (Wildman–Crippen MR) is 70.2 cm³/mol. The summed E-state index contributed by atoms with van der Waals surface area (Å²) in [4.78, 5) is 8.08. The average Bonchev–Trinajstić information content (AvgIpc) is 2.21. The van der Waals surface area contributed by atoms with E-state index in [2.05, 4.69) is 16.8 Å². The summed E-state index contributed by atoms with van der Waals surface area (Å²) in [6, 6.07) is 1.49. The van der Waals surface area contributed by atoms with Gasteiger partial charge in [-0.05, 0) is 34.0 Å². The third-order valence-corrected chi connectivity index (χ3v) is 2.77. The number of hydrogen-bond acceptors (Lipinski definition) is 3. The Bertz CT molecular complexity index is 371. The van der Waals surface area contributed by atoms with E-state index in [4.69, 9.17) is 11.6 Å². The highest BCUT2D eigenvalue weighted by Crippen LogP contribution is 2.21. The van der Waals surface area contributed by atoms with Gasteiger partial charge in [0.1, 0.15) is 0 Å². The zero-order chi connectivity index (χ0) is 13.0. The SMILES string of the molecule is CCN(c1ncc(Cl)cc1F)C(C)CN(C)C. The van der Waals surface area contributed by atoms with Gasteiger partial charge < -0.3 is 9.80 Å². The summed E-state index contributed by atoms with van der Waals surface area (Å²) in [7, 11) is 3.99. The van der Waals surface area contributed by atoms with E-state index in [0.717, 1.165) is 6.54 Å². The Morgan fingerprint density at radius 3 is 2.59 bits per heavy atom. The fourth-order valence-corrected chi connectivity index (χ4v) is 2.06. The standard InChI is InChI=1S/C12H19ClFN3/c1-5-17(9(2)8-16(3)4)12-11(14)6-10(13)7-15-12/h6-7,9H,5,8H2,1-4H3. The fraction of sp³-hybridized carbons (Fsp3) is 0.583. The first kappa shape index (κ1) is 14.2. The molecule has 0 aliphatic carbocycles. The molecule has 0 aliphatic heterocycles. The Hall–Kier alpha value is -0.870. The quantitative estimate of drug-likeness (QED) is 0.811. The van der Waals surface area contributed by atoms with Crippen molar-refractivity contribution in [2.75, 3.05) is 32.1 Å². The maximum Gasteiger partial charge on any atom is 0.167 e. The lowest BCUT2D eigenvalue weighted by atomic mass is 10.2. The molecule has 0 fully saturated rings. The molecule has 96 valence electrons. The van der Waals surface area contributed by atoms with Crippen LogP contribution in [0.2, 0.25) is 5.02 Å². The molecule has 0 spiro atoms. The molecule has 1 atom stereocenters. The van der Waals surface area contributed by atoms with Crippen LogP contribution in [0.25, 0.3) is 0 Å². The molecule has 0 saturated carbocycles. The van der Waals surface area contributed by atoms with Crippen LogP contribution in [0.1, 0.15) is 13.8 Å². The number of aromatic nitrogens is 1. The lowest BCUT2D eigenvalue weighted by molar-refractivity contribution is 0.370. The van der Waals surface area contributed by atoms with Crippen molar-refractivity contribution in [3.63, 3.8) is 0 Å². The van der Waals surface area contributed by atoms with Crippen molar-refractivity contribution in [3.05, 3.63) is 23.1 Å². The topological polar surface area (TPSA) is 19.4 Å². The minimum Gasteiger partial charge on any atom is -0.350 e. The molecule has 0 bridgehead atoms. The van der Waals surface area contributed by atoms with Crippen LogP contribution in [0.4, 0.5) is 10.2 Å². The number of likely N-dealkylation sites (N-methyl/N-ethyl adjacent to an activating group) is 2. The molecule has 0 N–H and O–H groups in total. The highest BCUT2D eigenvalue weighted by atomic mass is 35.5. The predicted octanol–water partition coefficient (Wildman–Crippen LogP) is 2.65. The summed E-state index contributed by atoms with van der Waals surface area (Å²) in [5.74, 6) is -0.00351. The molecular formula is C12H19ClFN3. The first-order chi connectivity index (χ1) is 7.95. The van der Waals surface area contributed by atoms with E-state index in [9.17, 15) is 4.39 Å². The molecule has 1 aromatic rings. The maximum atomic E-state index is 13.8. The average molecular weight is 260 g/mol. The molecule has 1 unspecified atom stereocenters. The smallest absolute Gasteiger partial charge is 0.167 e. The molecule has 0 aromatic carbocycles. The summed E-state index contributed by atoms with van der Waals surface area (Å²) in [6.45, 7) is 5.60. The summed E-state index contributed by atoms with van der Waals surface area (Å²) in [5.41, 5.74) is 0. The van der Waals surface area contributed by atoms with Crippen LogP contribution in [-0.2, 0) is 0 Å². The van der Waals surface area contributed by atoms with Crippen LogP contribution < -0.4 is 4.90 Å². The van der Waals surface area contributed by atoms with Crippen LogP contribution in [0.15, 0.2) is 12.3 Å². The van der Waals surface area contributed by atoms with Gasteiger partial charge in [-0.15, -0.1) is 0 Å². The van der Waals surface area contributed by atoms with Crippen molar-refractivity contribution in [2.45, 2.75) is 19.9 Å². The molecular weight excluding hydrogens is 241 g/mol. The highest BCUT2D eigenvalue weighted by Gasteiger charge is 2.18. The van der Waals surface area contributed by atoms with Crippen molar-refractivity contribution in [3.8, 4) is 0 Å². The Balaban J connectivity index is 2.93. The maximum absolute atomic E-state index is 13.8. The summed E-state index contributed by atoms with van der Waals surface area (Å²) in [5, 5.41) is 0.322. The van der Waals surface area contributed by atoms with E-state index >= 15 is 0 Å². The van der Waals surface area contributed by atoms with E-state index in [-0.39, 0.29) is 11.9 Å². The molecule has 3 nitrogen and oxygen atoms in total. The van der Waals surface area contributed by atoms with E-state index < -0.39 is 0 Å². The van der Waals surface area contributed by atoms with Gasteiger partial charge in [-0.25, -0.2) is 9.37 Å². The Kier molecular flexibility index (Phi) is 5.15. The van der Waals surface area contributed by atoms with E-state index in [1.54, 1.807) is 0 Å². The fourth-order valence-electron chi connectivity index (χ4n) is 1.92. The molecule has 5 heteroatoms. The molecule has 0 amide bonds. The van der Waals surface area contributed by atoms with Crippen molar-refractivity contribution in [1.82, 2.24) is 9.88 Å². The Labute approximate surface area is 107 Å². The van der Waals surface area contributed by atoms with Gasteiger partial charge in [-0.3, -0.25) is 0 Å². The monoisotopic (exact) mass is 259 g/mol. The second kappa shape index (κ2) is 6.17. The third-order valence-electron chi connectivity index (χ3n) is 2.56. The van der Waals surface area contributed by atoms with Crippen LogP contribution in [0.5, 0.6) is 0 Å². The number of anilines is 1. The van der Waals surface area contributed by atoms with Gasteiger partial charge >= 0.3 is 0 Å². The van der Waals surface area contributed by atoms with Crippen molar-refractivity contribution < 1.29 is 4.39 Å². The van der Waals surface area contributed by atoms with Crippen LogP contribution >= 0.6 is 11.6 Å². The largest absolute Gasteiger partial charge is 0.350 e. The molecule has 0 radical (unpaired) electrons. The van der Waals surface area contributed by atoms with Gasteiger partial charge in [0.2, 0.25) is 0 Å². The number of rotatable bonds is 5. The summed E-state index contributed by atoms with van der Waals surface area (Å²) in [6.07, 6.45) is 1.48. The molecule has 17 heavy (non-hydrogen) atoms. The molecule has 1 heterocycles. The minimum absolute atomic E-state index is 0.193. The first-order valence-electron chi connectivity index (χ1n) is 5.68. The van der Waals surface area contributed by atoms with Gasteiger partial charge in [0.05, 0.1) is 5.02 Å². The minimum atomic E-state index is -0.370. The zero-order valence-electron chi connectivity index (χ0n) is 10.7.